The second-order valence-corrected chi connectivity index (χ2v) is 9.25. The Morgan fingerprint density at radius 1 is 1.15 bits per heavy atom. The number of hydrogen-bond acceptors (Lipinski definition) is 5. The predicted octanol–water partition coefficient (Wildman–Crippen LogP) is 4.03. The molecule has 7 nitrogen and oxygen atoms in total. The Kier molecular flexibility index (Phi) is 7.34. The molecule has 0 saturated carbocycles. The van der Waals surface area contributed by atoms with Crippen LogP contribution in [0, 0.1) is 5.92 Å². The standard InChI is InChI=1S/C27H34N6O/c1-34-17-27(20-6-3-2-4-7-20)32-25-12-13-28-15-22(25)9-5-8-21-16-29-26-11-10-23(14-24(21)26)33-18-30-31-19-33/h2-4,6-7,10-11,14,16,18-19,22,25,27-29,32H,5,8-9,12-13,15,17H2,1H3/t22?,25-,27?/m1/s1. The Bertz CT molecular complexity index is 1160. The molecule has 0 spiro atoms. The lowest BCUT2D eigenvalue weighted by Crippen LogP contribution is -2.49. The Balaban J connectivity index is 1.23. The number of nitrogens with zero attached hydrogens (tertiary/aromatic N) is 3. The van der Waals surface area contributed by atoms with Gasteiger partial charge < -0.3 is 20.4 Å². The van der Waals surface area contributed by atoms with E-state index in [-0.39, 0.29) is 6.04 Å². The molecule has 3 heterocycles. The Hall–Kier alpha value is -3.00. The Morgan fingerprint density at radius 3 is 2.82 bits per heavy atom. The molecule has 1 saturated heterocycles. The van der Waals surface area contributed by atoms with E-state index in [0.717, 1.165) is 38.0 Å². The van der Waals surface area contributed by atoms with Gasteiger partial charge in [0.1, 0.15) is 12.7 Å². The number of methoxy groups -OCH3 is 1. The topological polar surface area (TPSA) is 79.8 Å². The molecule has 2 unspecified atom stereocenters. The van der Waals surface area contributed by atoms with E-state index in [1.54, 1.807) is 19.8 Å². The van der Waals surface area contributed by atoms with Crippen molar-refractivity contribution in [1.82, 2.24) is 30.4 Å². The molecule has 3 N–H and O–H groups in total. The van der Waals surface area contributed by atoms with Crippen LogP contribution in [0.15, 0.2) is 67.4 Å². The van der Waals surface area contributed by atoms with E-state index in [9.17, 15) is 0 Å². The van der Waals surface area contributed by atoms with Crippen molar-refractivity contribution in [2.75, 3.05) is 26.8 Å². The fourth-order valence-electron chi connectivity index (χ4n) is 5.22. The van der Waals surface area contributed by atoms with Crippen molar-refractivity contribution in [2.45, 2.75) is 37.8 Å². The first-order chi connectivity index (χ1) is 16.8. The first kappa shape index (κ1) is 22.8. The van der Waals surface area contributed by atoms with Crippen molar-refractivity contribution in [2.24, 2.45) is 5.92 Å². The molecule has 0 amide bonds. The van der Waals surface area contributed by atoms with Gasteiger partial charge in [0, 0.05) is 35.9 Å². The van der Waals surface area contributed by atoms with Crippen LogP contribution < -0.4 is 10.6 Å². The van der Waals surface area contributed by atoms with Gasteiger partial charge in [-0.05, 0) is 74.0 Å². The van der Waals surface area contributed by atoms with Gasteiger partial charge in [0.2, 0.25) is 0 Å². The van der Waals surface area contributed by atoms with E-state index in [4.69, 9.17) is 4.74 Å². The number of piperidine rings is 1. The highest BCUT2D eigenvalue weighted by Crippen LogP contribution is 2.26. The first-order valence-corrected chi connectivity index (χ1v) is 12.3. The number of benzene rings is 2. The summed E-state index contributed by atoms with van der Waals surface area (Å²) < 4.78 is 7.50. The summed E-state index contributed by atoms with van der Waals surface area (Å²) in [6.45, 7) is 2.82. The van der Waals surface area contributed by atoms with Crippen LogP contribution >= 0.6 is 0 Å². The lowest BCUT2D eigenvalue weighted by atomic mass is 9.87. The zero-order valence-corrected chi connectivity index (χ0v) is 19.8. The van der Waals surface area contributed by atoms with E-state index in [1.165, 1.54) is 28.5 Å². The third-order valence-electron chi connectivity index (χ3n) is 7.05. The number of aromatic nitrogens is 4. The monoisotopic (exact) mass is 458 g/mol. The number of aryl methyl sites for hydroxylation is 1. The van der Waals surface area contributed by atoms with E-state index in [2.05, 4.69) is 80.5 Å². The van der Waals surface area contributed by atoms with Gasteiger partial charge in [0.15, 0.2) is 0 Å². The van der Waals surface area contributed by atoms with Crippen molar-refractivity contribution in [1.29, 1.82) is 0 Å². The van der Waals surface area contributed by atoms with Gasteiger partial charge in [-0.25, -0.2) is 0 Å². The molecule has 1 aliphatic rings. The molecule has 178 valence electrons. The average Bonchev–Trinajstić information content (AvgIpc) is 3.56. The smallest absolute Gasteiger partial charge is 0.123 e. The van der Waals surface area contributed by atoms with Gasteiger partial charge in [-0.15, -0.1) is 10.2 Å². The molecule has 34 heavy (non-hydrogen) atoms. The lowest BCUT2D eigenvalue weighted by molar-refractivity contribution is 0.145. The van der Waals surface area contributed by atoms with Gasteiger partial charge in [-0.2, -0.15) is 0 Å². The first-order valence-electron chi connectivity index (χ1n) is 12.3. The van der Waals surface area contributed by atoms with Crippen LogP contribution in [0.25, 0.3) is 16.6 Å². The summed E-state index contributed by atoms with van der Waals surface area (Å²) in [6, 6.07) is 17.8. The van der Waals surface area contributed by atoms with Crippen LogP contribution in [-0.4, -0.2) is 52.6 Å². The summed E-state index contributed by atoms with van der Waals surface area (Å²) in [6.07, 6.45) is 10.2. The van der Waals surface area contributed by atoms with Gasteiger partial charge >= 0.3 is 0 Å². The molecule has 0 aliphatic carbocycles. The van der Waals surface area contributed by atoms with Gasteiger partial charge in [-0.1, -0.05) is 30.3 Å². The normalized spacial score (nSPS) is 19.4. The molecule has 5 rings (SSSR count). The fourth-order valence-corrected chi connectivity index (χ4v) is 5.22. The van der Waals surface area contributed by atoms with E-state index in [1.807, 2.05) is 4.57 Å². The van der Waals surface area contributed by atoms with Crippen LogP contribution in [0.1, 0.15) is 36.4 Å². The van der Waals surface area contributed by atoms with Crippen LogP contribution in [0.5, 0.6) is 0 Å². The van der Waals surface area contributed by atoms with Gasteiger partial charge in [0.25, 0.3) is 0 Å². The SMILES string of the molecule is COCC(N[C@@H]1CCNCC1CCCc1c[nH]c2ccc(-n3cnnc3)cc12)c1ccccc1. The van der Waals surface area contributed by atoms with Crippen LogP contribution in [0.2, 0.25) is 0 Å². The summed E-state index contributed by atoms with van der Waals surface area (Å²) >= 11 is 0. The third kappa shape index (κ3) is 5.22. The maximum atomic E-state index is 5.55. The molecular formula is C27H34N6O. The minimum atomic E-state index is 0.224. The van der Waals surface area contributed by atoms with Crippen molar-refractivity contribution >= 4 is 10.9 Å². The highest BCUT2D eigenvalue weighted by Gasteiger charge is 2.27. The Morgan fingerprint density at radius 2 is 2.00 bits per heavy atom. The molecule has 1 aliphatic heterocycles. The summed E-state index contributed by atoms with van der Waals surface area (Å²) in [5, 5.41) is 16.7. The maximum absolute atomic E-state index is 5.55. The van der Waals surface area contributed by atoms with E-state index in [0.29, 0.717) is 18.6 Å². The molecule has 7 heteroatoms. The van der Waals surface area contributed by atoms with E-state index >= 15 is 0 Å². The molecule has 0 radical (unpaired) electrons. The van der Waals surface area contributed by atoms with Crippen LogP contribution in [0.3, 0.4) is 0 Å². The maximum Gasteiger partial charge on any atom is 0.123 e. The van der Waals surface area contributed by atoms with Gasteiger partial charge in [0.05, 0.1) is 12.6 Å². The van der Waals surface area contributed by atoms with Crippen molar-refractivity contribution in [3.05, 3.63) is 78.5 Å². The molecular weight excluding hydrogens is 424 g/mol. The average molecular weight is 459 g/mol. The second-order valence-electron chi connectivity index (χ2n) is 9.25. The number of rotatable bonds is 10. The van der Waals surface area contributed by atoms with Crippen molar-refractivity contribution in [3.8, 4) is 5.69 Å². The zero-order chi connectivity index (χ0) is 23.2. The largest absolute Gasteiger partial charge is 0.383 e. The number of nitrogens with one attached hydrogen (secondary N) is 3. The number of aromatic amines is 1. The third-order valence-corrected chi connectivity index (χ3v) is 7.05. The molecule has 2 aromatic heterocycles. The molecule has 3 atom stereocenters. The number of ether oxygens (including phenoxy) is 1. The molecule has 2 aromatic carbocycles. The zero-order valence-electron chi connectivity index (χ0n) is 19.8. The molecule has 4 aromatic rings. The predicted molar refractivity (Wildman–Crippen MR) is 135 cm³/mol. The number of hydrogen-bond donors (Lipinski definition) is 3. The second kappa shape index (κ2) is 11.0. The summed E-state index contributed by atoms with van der Waals surface area (Å²) in [5.74, 6) is 0.606. The summed E-state index contributed by atoms with van der Waals surface area (Å²) in [5.41, 5.74) is 4.93. The molecule has 0 bridgehead atoms. The van der Waals surface area contributed by atoms with Crippen molar-refractivity contribution in [3.63, 3.8) is 0 Å². The highest BCUT2D eigenvalue weighted by atomic mass is 16.5. The summed E-state index contributed by atoms with van der Waals surface area (Å²) in [7, 11) is 1.79. The van der Waals surface area contributed by atoms with Gasteiger partial charge in [-0.3, -0.25) is 4.57 Å². The van der Waals surface area contributed by atoms with Crippen LogP contribution in [-0.2, 0) is 11.2 Å². The number of fused-ring (bicyclic) bond motifs is 1. The minimum Gasteiger partial charge on any atom is -0.383 e. The number of H-pyrrole nitrogens is 1. The minimum absolute atomic E-state index is 0.224. The quantitative estimate of drug-likeness (QED) is 0.334. The lowest BCUT2D eigenvalue weighted by Gasteiger charge is -2.36. The molecule has 1 fully saturated rings. The fraction of sp³-hybridized carbons (Fsp3) is 0.407. The van der Waals surface area contributed by atoms with Crippen molar-refractivity contribution < 1.29 is 4.74 Å². The summed E-state index contributed by atoms with van der Waals surface area (Å²) in [4.78, 5) is 3.44. The van der Waals surface area contributed by atoms with E-state index < -0.39 is 0 Å². The highest BCUT2D eigenvalue weighted by molar-refractivity contribution is 5.85. The Labute approximate surface area is 200 Å². The van der Waals surface area contributed by atoms with Crippen LogP contribution in [0.4, 0.5) is 0 Å².